The fourth-order valence-electron chi connectivity index (χ4n) is 0.482. The number of hydrogen-bond acceptors (Lipinski definition) is 2. The van der Waals surface area contributed by atoms with Crippen LogP contribution >= 0.6 is 0 Å². The summed E-state index contributed by atoms with van der Waals surface area (Å²) in [5.41, 5.74) is 0.868. The predicted octanol–water partition coefficient (Wildman–Crippen LogP) is 0.265. The van der Waals surface area contributed by atoms with Crippen LogP contribution in [0.1, 0.15) is 0 Å². The van der Waals surface area contributed by atoms with Gasteiger partial charge in [0.1, 0.15) is 0 Å². The standard InChI is InChI=1S/C5H6BN2/c1-7-5-4-8-3-2-6-5/h2-4,8H,1H2. The third kappa shape index (κ3) is 0.995. The van der Waals surface area contributed by atoms with Crippen LogP contribution in [-0.2, 0) is 0 Å². The van der Waals surface area contributed by atoms with E-state index >= 15 is 0 Å². The van der Waals surface area contributed by atoms with Crippen LogP contribution in [0, 0.1) is 0 Å². The molecule has 1 rings (SSSR count). The molecule has 3 heteroatoms. The monoisotopic (exact) mass is 105 g/mol. The Labute approximate surface area is 49.2 Å². The normalized spacial score (nSPS) is 15.8. The summed E-state index contributed by atoms with van der Waals surface area (Å²) in [6, 6.07) is 0. The Kier molecular flexibility index (Phi) is 1.52. The Morgan fingerprint density at radius 2 is 2.62 bits per heavy atom. The van der Waals surface area contributed by atoms with Crippen LogP contribution in [0.4, 0.5) is 0 Å². The molecule has 1 aliphatic rings. The third-order valence-electron chi connectivity index (χ3n) is 0.873. The fraction of sp³-hybridized carbons (Fsp3) is 0. The summed E-state index contributed by atoms with van der Waals surface area (Å²) in [4.78, 5) is 3.69. The average Bonchev–Trinajstić information content (AvgIpc) is 1.90. The van der Waals surface area contributed by atoms with Crippen molar-refractivity contribution in [2.45, 2.75) is 0 Å². The van der Waals surface area contributed by atoms with E-state index < -0.39 is 0 Å². The molecule has 1 heterocycles. The Morgan fingerprint density at radius 3 is 3.00 bits per heavy atom. The van der Waals surface area contributed by atoms with E-state index in [-0.39, 0.29) is 0 Å². The van der Waals surface area contributed by atoms with Crippen molar-refractivity contribution in [3.63, 3.8) is 0 Å². The molecule has 0 aromatic rings. The minimum absolute atomic E-state index is 0.868. The van der Waals surface area contributed by atoms with Gasteiger partial charge in [-0.1, -0.05) is 5.98 Å². The molecule has 0 aliphatic carbocycles. The first-order valence-corrected chi connectivity index (χ1v) is 2.36. The van der Waals surface area contributed by atoms with E-state index in [1.54, 1.807) is 6.20 Å². The average molecular weight is 105 g/mol. The maximum atomic E-state index is 3.69. The summed E-state index contributed by atoms with van der Waals surface area (Å²) >= 11 is 0. The van der Waals surface area contributed by atoms with Crippen LogP contribution in [0.3, 0.4) is 0 Å². The van der Waals surface area contributed by atoms with Gasteiger partial charge in [-0.3, -0.25) is 4.99 Å². The van der Waals surface area contributed by atoms with Gasteiger partial charge < -0.3 is 5.32 Å². The smallest absolute Gasteiger partial charge is 0.210 e. The van der Waals surface area contributed by atoms with Gasteiger partial charge in [0.2, 0.25) is 7.28 Å². The van der Waals surface area contributed by atoms with Crippen LogP contribution in [0.25, 0.3) is 0 Å². The van der Waals surface area contributed by atoms with E-state index in [1.165, 1.54) is 0 Å². The molecule has 1 N–H and O–H groups in total. The van der Waals surface area contributed by atoms with Gasteiger partial charge >= 0.3 is 0 Å². The molecule has 0 unspecified atom stereocenters. The first-order chi connectivity index (χ1) is 3.93. The number of hydrogen-bond donors (Lipinski definition) is 1. The van der Waals surface area contributed by atoms with Gasteiger partial charge in [-0.15, -0.1) is 0 Å². The molecule has 0 saturated heterocycles. The van der Waals surface area contributed by atoms with Crippen molar-refractivity contribution in [1.29, 1.82) is 0 Å². The van der Waals surface area contributed by atoms with Gasteiger partial charge in [0.05, 0.1) is 0 Å². The maximum absolute atomic E-state index is 3.69. The van der Waals surface area contributed by atoms with E-state index in [9.17, 15) is 0 Å². The van der Waals surface area contributed by atoms with Crippen molar-refractivity contribution in [2.75, 3.05) is 0 Å². The SMILES string of the molecule is C=NC1=CNC=C[B]1. The summed E-state index contributed by atoms with van der Waals surface area (Å²) in [6.45, 7) is 3.36. The van der Waals surface area contributed by atoms with Gasteiger partial charge in [-0.25, -0.2) is 0 Å². The molecule has 0 spiro atoms. The zero-order valence-electron chi connectivity index (χ0n) is 4.46. The molecule has 2 nitrogen and oxygen atoms in total. The number of nitrogens with zero attached hydrogens (tertiary/aromatic N) is 1. The van der Waals surface area contributed by atoms with Crippen molar-refractivity contribution < 1.29 is 0 Å². The summed E-state index contributed by atoms with van der Waals surface area (Å²) in [6.07, 6.45) is 3.61. The second-order valence-electron chi connectivity index (χ2n) is 1.42. The highest BCUT2D eigenvalue weighted by molar-refractivity contribution is 6.51. The van der Waals surface area contributed by atoms with E-state index in [2.05, 4.69) is 17.0 Å². The Hall–Kier alpha value is -0.985. The largest absolute Gasteiger partial charge is 0.368 e. The van der Waals surface area contributed by atoms with E-state index in [0.717, 1.165) is 5.60 Å². The fourth-order valence-corrected chi connectivity index (χ4v) is 0.482. The molecular formula is C5H6BN2. The first-order valence-electron chi connectivity index (χ1n) is 2.36. The van der Waals surface area contributed by atoms with Gasteiger partial charge in [-0.2, -0.15) is 0 Å². The van der Waals surface area contributed by atoms with Crippen LogP contribution in [-0.4, -0.2) is 14.0 Å². The lowest BCUT2D eigenvalue weighted by molar-refractivity contribution is 1.16. The molecule has 8 heavy (non-hydrogen) atoms. The predicted molar refractivity (Wildman–Crippen MR) is 35.7 cm³/mol. The van der Waals surface area contributed by atoms with Crippen molar-refractivity contribution in [3.05, 3.63) is 24.0 Å². The number of nitrogens with one attached hydrogen (secondary N) is 1. The topological polar surface area (TPSA) is 24.4 Å². The summed E-state index contributed by atoms with van der Waals surface area (Å²) < 4.78 is 0. The molecule has 0 saturated carbocycles. The van der Waals surface area contributed by atoms with Gasteiger partial charge in [0, 0.05) is 11.8 Å². The van der Waals surface area contributed by atoms with Crippen molar-refractivity contribution in [1.82, 2.24) is 5.32 Å². The van der Waals surface area contributed by atoms with Crippen LogP contribution in [0.2, 0.25) is 0 Å². The summed E-state index contributed by atoms with van der Waals surface area (Å²) in [5.74, 6) is 1.88. The lowest BCUT2D eigenvalue weighted by Crippen LogP contribution is -2.05. The molecule has 0 bridgehead atoms. The highest BCUT2D eigenvalue weighted by Crippen LogP contribution is 1.94. The van der Waals surface area contributed by atoms with Gasteiger partial charge in [-0.05, 0) is 12.9 Å². The van der Waals surface area contributed by atoms with E-state index in [1.807, 2.05) is 19.5 Å². The minimum atomic E-state index is 0.868. The highest BCUT2D eigenvalue weighted by atomic mass is 14.8. The quantitative estimate of drug-likeness (QED) is 0.375. The molecule has 0 aromatic heterocycles. The van der Waals surface area contributed by atoms with Crippen LogP contribution < -0.4 is 5.32 Å². The molecule has 0 fully saturated rings. The second-order valence-corrected chi connectivity index (χ2v) is 1.42. The lowest BCUT2D eigenvalue weighted by atomic mass is 9.74. The first kappa shape index (κ1) is 5.16. The molecule has 0 amide bonds. The lowest BCUT2D eigenvalue weighted by Gasteiger charge is -2.00. The number of aliphatic imine (C=N–C) groups is 1. The van der Waals surface area contributed by atoms with E-state index in [4.69, 9.17) is 0 Å². The maximum Gasteiger partial charge on any atom is 0.210 e. The molecular weight excluding hydrogens is 98.9 g/mol. The second kappa shape index (κ2) is 2.35. The van der Waals surface area contributed by atoms with Crippen molar-refractivity contribution in [3.8, 4) is 0 Å². The molecule has 1 aliphatic heterocycles. The van der Waals surface area contributed by atoms with Gasteiger partial charge in [0.25, 0.3) is 0 Å². The van der Waals surface area contributed by atoms with Crippen LogP contribution in [0.5, 0.6) is 0 Å². The highest BCUT2D eigenvalue weighted by Gasteiger charge is 1.93. The Bertz CT molecular complexity index is 149. The Morgan fingerprint density at radius 1 is 1.75 bits per heavy atom. The molecule has 0 aromatic carbocycles. The van der Waals surface area contributed by atoms with Crippen LogP contribution in [0.15, 0.2) is 29.0 Å². The zero-order valence-corrected chi connectivity index (χ0v) is 4.46. The molecule has 1 radical (unpaired) electrons. The molecule has 39 valence electrons. The summed E-state index contributed by atoms with van der Waals surface area (Å²) in [5, 5.41) is 2.88. The summed E-state index contributed by atoms with van der Waals surface area (Å²) in [7, 11) is 1.88. The minimum Gasteiger partial charge on any atom is -0.368 e. The van der Waals surface area contributed by atoms with Crippen molar-refractivity contribution in [2.24, 2.45) is 4.99 Å². The zero-order chi connectivity index (χ0) is 5.82. The molecule has 0 atom stereocenters. The third-order valence-corrected chi connectivity index (χ3v) is 0.873. The van der Waals surface area contributed by atoms with E-state index in [0.29, 0.717) is 0 Å². The van der Waals surface area contributed by atoms with Crippen molar-refractivity contribution >= 4 is 14.0 Å². The number of rotatable bonds is 1. The Balaban J connectivity index is 2.55. The van der Waals surface area contributed by atoms with Gasteiger partial charge in [0.15, 0.2) is 0 Å².